The van der Waals surface area contributed by atoms with Gasteiger partial charge in [0.2, 0.25) is 0 Å². The normalized spacial score (nSPS) is 12.1. The summed E-state index contributed by atoms with van der Waals surface area (Å²) in [6.07, 6.45) is 0.892. The van der Waals surface area contributed by atoms with E-state index < -0.39 is 11.1 Å². The lowest BCUT2D eigenvalue weighted by molar-refractivity contribution is 0.00321. The summed E-state index contributed by atoms with van der Waals surface area (Å²) >= 11 is -2.12. The molecule has 7 heavy (non-hydrogen) atoms. The molecule has 0 aromatic carbocycles. The number of hydrogen-bond donors (Lipinski definition) is 0. The predicted octanol–water partition coefficient (Wildman–Crippen LogP) is -0.834. The Hall–Kier alpha value is -0.510. The second kappa shape index (κ2) is 3.67. The Labute approximate surface area is 43.1 Å². The van der Waals surface area contributed by atoms with Crippen LogP contribution in [0.3, 0.4) is 0 Å². The van der Waals surface area contributed by atoms with Crippen LogP contribution in [0, 0.1) is 0 Å². The Morgan fingerprint density at radius 1 is 2.00 bits per heavy atom. The van der Waals surface area contributed by atoms with Crippen molar-refractivity contribution in [2.45, 2.75) is 0 Å². The largest absolute Gasteiger partial charge is 0.772 e. The van der Waals surface area contributed by atoms with Crippen molar-refractivity contribution >= 4 is 17.3 Å². The predicted molar refractivity (Wildman–Crippen MR) is 23.5 cm³/mol. The summed E-state index contributed by atoms with van der Waals surface area (Å²) in [5.41, 5.74) is 7.61. The molecule has 40 valence electrons. The average Bonchev–Trinajstić information content (AvgIpc) is 1.61. The van der Waals surface area contributed by atoms with Gasteiger partial charge >= 0.3 is 0 Å². The minimum atomic E-state index is -2.12. The van der Waals surface area contributed by atoms with Crippen molar-refractivity contribution < 1.29 is 13.6 Å². The van der Waals surface area contributed by atoms with Crippen molar-refractivity contribution in [3.63, 3.8) is 0 Å². The van der Waals surface area contributed by atoms with E-state index in [-0.39, 0.29) is 5.75 Å². The summed E-state index contributed by atoms with van der Waals surface area (Å²) < 4.78 is 19.1. The van der Waals surface area contributed by atoms with Gasteiger partial charge in [-0.1, -0.05) is 0 Å². The third-order valence-electron chi connectivity index (χ3n) is 0.292. The van der Waals surface area contributed by atoms with Gasteiger partial charge in [0.1, 0.15) is 5.75 Å². The van der Waals surface area contributed by atoms with E-state index >= 15 is 0 Å². The molecule has 1 unspecified atom stereocenters. The maximum atomic E-state index is 9.56. The fraction of sp³-hybridized carbons (Fsp3) is 0.500. The molecule has 0 spiro atoms. The molecule has 0 fully saturated rings. The van der Waals surface area contributed by atoms with Gasteiger partial charge in [0.15, 0.2) is 0 Å². The Morgan fingerprint density at radius 2 is 2.57 bits per heavy atom. The van der Waals surface area contributed by atoms with E-state index in [4.69, 9.17) is 5.53 Å². The van der Waals surface area contributed by atoms with E-state index in [9.17, 15) is 8.76 Å². The number of hydrogen-bond acceptors (Lipinski definition) is 2. The Kier molecular flexibility index (Phi) is 3.40. The molecule has 0 N–H and O–H groups in total. The van der Waals surface area contributed by atoms with Gasteiger partial charge < -0.3 is 10.1 Å². The fourth-order valence-corrected chi connectivity index (χ4v) is 0.283. The van der Waals surface area contributed by atoms with Gasteiger partial charge in [-0.05, 0) is 11.1 Å². The molecule has 0 aromatic heterocycles. The van der Waals surface area contributed by atoms with Crippen LogP contribution in [0.1, 0.15) is 0 Å². The van der Waals surface area contributed by atoms with Gasteiger partial charge in [0.05, 0.1) is 0 Å². The molecule has 0 saturated heterocycles. The Morgan fingerprint density at radius 3 is 2.71 bits per heavy atom. The zero-order chi connectivity index (χ0) is 5.70. The highest BCUT2D eigenvalue weighted by Gasteiger charge is 1.78. The van der Waals surface area contributed by atoms with Crippen LogP contribution < -0.4 is 0 Å². The molecule has 0 amide bonds. The number of nitrogens with zero attached hydrogens (tertiary/aromatic N) is 2. The SMILES string of the molecule is [N-]=[N+]=CCS(=O)[O-]. The van der Waals surface area contributed by atoms with E-state index in [2.05, 4.69) is 4.79 Å². The summed E-state index contributed by atoms with van der Waals surface area (Å²) in [5.74, 6) is -0.226. The first kappa shape index (κ1) is 6.49. The topological polar surface area (TPSA) is 76.5 Å². The van der Waals surface area contributed by atoms with E-state index in [0.29, 0.717) is 0 Å². The molecule has 1 atom stereocenters. The highest BCUT2D eigenvalue weighted by atomic mass is 32.2. The molecule has 0 aliphatic carbocycles. The quantitative estimate of drug-likeness (QED) is 0.206. The third kappa shape index (κ3) is 5.49. The summed E-state index contributed by atoms with van der Waals surface area (Å²) in [6.45, 7) is 0. The van der Waals surface area contributed by atoms with E-state index in [1.54, 1.807) is 0 Å². The maximum absolute atomic E-state index is 9.56. The maximum Gasteiger partial charge on any atom is 0.268 e. The Bertz CT molecular complexity index is 117. The van der Waals surface area contributed by atoms with Crippen LogP contribution in [0.5, 0.6) is 0 Å². The first-order chi connectivity index (χ1) is 3.27. The van der Waals surface area contributed by atoms with Gasteiger partial charge in [-0.2, -0.15) is 4.79 Å². The number of rotatable bonds is 2. The van der Waals surface area contributed by atoms with Crippen molar-refractivity contribution in [1.29, 1.82) is 0 Å². The lowest BCUT2D eigenvalue weighted by Gasteiger charge is -1.91. The van der Waals surface area contributed by atoms with Crippen LogP contribution in [0.25, 0.3) is 5.53 Å². The van der Waals surface area contributed by atoms with Crippen molar-refractivity contribution in [3.05, 3.63) is 5.53 Å². The standard InChI is InChI=1S/C2H4N2O2S/c3-4-1-2-7(5)6/h1H,2H2,(H,5,6)/p-1. The van der Waals surface area contributed by atoms with Gasteiger partial charge in [0.25, 0.3) is 6.21 Å². The van der Waals surface area contributed by atoms with Crippen LogP contribution in [0.2, 0.25) is 0 Å². The van der Waals surface area contributed by atoms with E-state index in [1.807, 2.05) is 0 Å². The molecule has 0 heterocycles. The fourth-order valence-electron chi connectivity index (χ4n) is 0.0942. The van der Waals surface area contributed by atoms with Crippen LogP contribution in [-0.4, -0.2) is 25.5 Å². The molecular formula is C2H3N2O2S-. The molecule has 0 rings (SSSR count). The first-order valence-corrected chi connectivity index (χ1v) is 2.73. The van der Waals surface area contributed by atoms with Crippen LogP contribution >= 0.6 is 0 Å². The zero-order valence-electron chi connectivity index (χ0n) is 3.40. The van der Waals surface area contributed by atoms with E-state index in [1.165, 1.54) is 0 Å². The van der Waals surface area contributed by atoms with Crippen molar-refractivity contribution in [3.8, 4) is 0 Å². The van der Waals surface area contributed by atoms with Gasteiger partial charge in [-0.15, -0.1) is 0 Å². The molecule has 0 radical (unpaired) electrons. The summed E-state index contributed by atoms with van der Waals surface area (Å²) in [7, 11) is 0. The minimum absolute atomic E-state index is 0.226. The smallest absolute Gasteiger partial charge is 0.268 e. The van der Waals surface area contributed by atoms with Crippen molar-refractivity contribution in [1.82, 2.24) is 0 Å². The molecule has 0 saturated carbocycles. The molecule has 5 heteroatoms. The van der Waals surface area contributed by atoms with Crippen LogP contribution in [0.15, 0.2) is 0 Å². The minimum Gasteiger partial charge on any atom is -0.772 e. The van der Waals surface area contributed by atoms with Crippen molar-refractivity contribution in [2.24, 2.45) is 0 Å². The van der Waals surface area contributed by atoms with Gasteiger partial charge in [-0.3, -0.25) is 4.21 Å². The molecule has 4 nitrogen and oxygen atoms in total. The lowest BCUT2D eigenvalue weighted by Crippen LogP contribution is -1.95. The second-order valence-electron chi connectivity index (χ2n) is 0.768. The first-order valence-electron chi connectivity index (χ1n) is 1.49. The van der Waals surface area contributed by atoms with Crippen molar-refractivity contribution in [2.75, 3.05) is 5.75 Å². The summed E-state index contributed by atoms with van der Waals surface area (Å²) in [4.78, 5) is 2.46. The molecule has 0 aromatic rings. The van der Waals surface area contributed by atoms with Gasteiger partial charge in [-0.25, -0.2) is 0 Å². The zero-order valence-corrected chi connectivity index (χ0v) is 4.22. The third-order valence-corrected chi connectivity index (χ3v) is 0.714. The molecule has 0 aliphatic rings. The highest BCUT2D eigenvalue weighted by molar-refractivity contribution is 7.79. The average molecular weight is 119 g/mol. The highest BCUT2D eigenvalue weighted by Crippen LogP contribution is 1.62. The lowest BCUT2D eigenvalue weighted by atomic mass is 10.9. The monoisotopic (exact) mass is 119 g/mol. The molecular weight excluding hydrogens is 116 g/mol. The van der Waals surface area contributed by atoms with Crippen LogP contribution in [0.4, 0.5) is 0 Å². The summed E-state index contributed by atoms with van der Waals surface area (Å²) in [6, 6.07) is 0. The van der Waals surface area contributed by atoms with E-state index in [0.717, 1.165) is 6.21 Å². The van der Waals surface area contributed by atoms with Gasteiger partial charge in [0, 0.05) is 0 Å². The molecule has 0 bridgehead atoms. The van der Waals surface area contributed by atoms with Crippen LogP contribution in [-0.2, 0) is 11.1 Å². The summed E-state index contributed by atoms with van der Waals surface area (Å²) in [5, 5.41) is 0. The molecule has 0 aliphatic heterocycles. The second-order valence-corrected chi connectivity index (χ2v) is 1.71. The Balaban J connectivity index is 3.32.